The summed E-state index contributed by atoms with van der Waals surface area (Å²) >= 11 is 0. The first-order valence-corrected chi connectivity index (χ1v) is 8.59. The van der Waals surface area contributed by atoms with Crippen LogP contribution in [0.25, 0.3) is 17.0 Å². The molecule has 0 unspecified atom stereocenters. The fraction of sp³-hybridized carbons (Fsp3) is 0.143. The number of carbonyl (C=O) groups excluding carboxylic acids is 1. The summed E-state index contributed by atoms with van der Waals surface area (Å²) in [5.74, 6) is -0.213. The van der Waals surface area contributed by atoms with E-state index < -0.39 is 0 Å². The molecule has 0 saturated heterocycles. The molecule has 0 saturated carbocycles. The Kier molecular flexibility index (Phi) is 5.17. The van der Waals surface area contributed by atoms with Gasteiger partial charge in [0, 0.05) is 34.2 Å². The van der Waals surface area contributed by atoms with Crippen LogP contribution in [0.15, 0.2) is 54.6 Å². The predicted molar refractivity (Wildman–Crippen MR) is 109 cm³/mol. The third-order valence-corrected chi connectivity index (χ3v) is 4.03. The minimum Gasteiger partial charge on any atom is -0.399 e. The van der Waals surface area contributed by atoms with Gasteiger partial charge in [-0.1, -0.05) is 25.5 Å². The first-order chi connectivity index (χ1) is 12.5. The standard InChI is InChI=1S/C21H22N4O/c1-2-3-16-13-19(23)18-12-17(9-10-20(18)24-16)25-21(26)11-6-14-4-7-15(22)8-5-14/h4-13H,2-3,22H2,1H3,(H2,23,24)(H,25,26)/b11-6+. The smallest absolute Gasteiger partial charge is 0.248 e. The minimum atomic E-state index is -0.213. The molecular weight excluding hydrogens is 324 g/mol. The Hall–Kier alpha value is -3.34. The molecule has 5 N–H and O–H groups in total. The lowest BCUT2D eigenvalue weighted by molar-refractivity contribution is -0.111. The van der Waals surface area contributed by atoms with Gasteiger partial charge in [0.05, 0.1) is 5.52 Å². The molecule has 0 radical (unpaired) electrons. The molecule has 0 spiro atoms. The molecule has 26 heavy (non-hydrogen) atoms. The first kappa shape index (κ1) is 17.5. The highest BCUT2D eigenvalue weighted by atomic mass is 16.1. The van der Waals surface area contributed by atoms with E-state index in [1.807, 2.05) is 36.4 Å². The number of aromatic nitrogens is 1. The van der Waals surface area contributed by atoms with Gasteiger partial charge in [-0.15, -0.1) is 0 Å². The highest BCUT2D eigenvalue weighted by Gasteiger charge is 2.06. The Bertz CT molecular complexity index is 962. The summed E-state index contributed by atoms with van der Waals surface area (Å²) in [6.07, 6.45) is 5.14. The highest BCUT2D eigenvalue weighted by Crippen LogP contribution is 2.24. The summed E-state index contributed by atoms with van der Waals surface area (Å²) in [5, 5.41) is 3.69. The number of hydrogen-bond acceptors (Lipinski definition) is 4. The molecule has 0 fully saturated rings. The predicted octanol–water partition coefficient (Wildman–Crippen LogP) is 4.00. The van der Waals surface area contributed by atoms with Crippen molar-refractivity contribution in [1.82, 2.24) is 4.98 Å². The molecule has 0 aliphatic carbocycles. The number of amides is 1. The minimum absolute atomic E-state index is 0.213. The summed E-state index contributed by atoms with van der Waals surface area (Å²) in [7, 11) is 0. The number of aryl methyl sites for hydroxylation is 1. The van der Waals surface area contributed by atoms with E-state index in [2.05, 4.69) is 17.2 Å². The van der Waals surface area contributed by atoms with Crippen molar-refractivity contribution in [2.24, 2.45) is 0 Å². The number of nitrogens with two attached hydrogens (primary N) is 2. The van der Waals surface area contributed by atoms with Gasteiger partial charge in [0.25, 0.3) is 0 Å². The van der Waals surface area contributed by atoms with Crippen molar-refractivity contribution in [3.8, 4) is 0 Å². The van der Waals surface area contributed by atoms with Crippen molar-refractivity contribution in [1.29, 1.82) is 0 Å². The second kappa shape index (κ2) is 7.70. The monoisotopic (exact) mass is 346 g/mol. The molecule has 0 atom stereocenters. The van der Waals surface area contributed by atoms with Gasteiger partial charge in [-0.05, 0) is 54.5 Å². The zero-order chi connectivity index (χ0) is 18.5. The van der Waals surface area contributed by atoms with Gasteiger partial charge in [0.1, 0.15) is 0 Å². The van der Waals surface area contributed by atoms with Gasteiger partial charge < -0.3 is 16.8 Å². The average Bonchev–Trinajstić information content (AvgIpc) is 2.62. The van der Waals surface area contributed by atoms with Crippen molar-refractivity contribution < 1.29 is 4.79 Å². The SMILES string of the molecule is CCCc1cc(N)c2cc(NC(=O)/C=C/c3ccc(N)cc3)ccc2n1. The lowest BCUT2D eigenvalue weighted by atomic mass is 10.1. The van der Waals surface area contributed by atoms with Crippen LogP contribution >= 0.6 is 0 Å². The summed E-state index contributed by atoms with van der Waals surface area (Å²) in [6, 6.07) is 14.8. The molecule has 0 bridgehead atoms. The lowest BCUT2D eigenvalue weighted by Gasteiger charge is -2.08. The summed E-state index contributed by atoms with van der Waals surface area (Å²) in [4.78, 5) is 16.8. The van der Waals surface area contributed by atoms with E-state index in [1.54, 1.807) is 18.2 Å². The fourth-order valence-corrected chi connectivity index (χ4v) is 2.73. The zero-order valence-electron chi connectivity index (χ0n) is 14.7. The maximum atomic E-state index is 12.1. The van der Waals surface area contributed by atoms with E-state index in [9.17, 15) is 4.79 Å². The first-order valence-electron chi connectivity index (χ1n) is 8.59. The molecule has 1 amide bonds. The van der Waals surface area contributed by atoms with Gasteiger partial charge >= 0.3 is 0 Å². The number of benzene rings is 2. The number of carbonyl (C=O) groups is 1. The van der Waals surface area contributed by atoms with Gasteiger partial charge in [-0.2, -0.15) is 0 Å². The number of nitrogens with zero attached hydrogens (tertiary/aromatic N) is 1. The molecule has 2 aromatic carbocycles. The number of anilines is 3. The maximum Gasteiger partial charge on any atom is 0.248 e. The van der Waals surface area contributed by atoms with Crippen molar-refractivity contribution >= 4 is 39.9 Å². The Labute approximate surface area is 152 Å². The van der Waals surface area contributed by atoms with E-state index in [4.69, 9.17) is 11.5 Å². The molecule has 3 aromatic rings. The van der Waals surface area contributed by atoms with E-state index in [1.165, 1.54) is 6.08 Å². The third kappa shape index (κ3) is 4.19. The van der Waals surface area contributed by atoms with E-state index >= 15 is 0 Å². The van der Waals surface area contributed by atoms with Crippen LogP contribution < -0.4 is 16.8 Å². The van der Waals surface area contributed by atoms with Crippen LogP contribution in [0, 0.1) is 0 Å². The zero-order valence-corrected chi connectivity index (χ0v) is 14.7. The van der Waals surface area contributed by atoms with Gasteiger partial charge in [0.15, 0.2) is 0 Å². The maximum absolute atomic E-state index is 12.1. The number of fused-ring (bicyclic) bond motifs is 1. The lowest BCUT2D eigenvalue weighted by Crippen LogP contribution is -2.08. The molecule has 5 nitrogen and oxygen atoms in total. The third-order valence-electron chi connectivity index (χ3n) is 4.03. The molecule has 3 rings (SSSR count). The molecular formula is C21H22N4O. The van der Waals surface area contributed by atoms with Crippen molar-refractivity contribution in [3.05, 3.63) is 65.9 Å². The quantitative estimate of drug-likeness (QED) is 0.481. The fourth-order valence-electron chi connectivity index (χ4n) is 2.73. The Morgan fingerprint density at radius 1 is 1.12 bits per heavy atom. The van der Waals surface area contributed by atoms with Crippen LogP contribution in [0.4, 0.5) is 17.1 Å². The van der Waals surface area contributed by atoms with Crippen molar-refractivity contribution in [2.75, 3.05) is 16.8 Å². The van der Waals surface area contributed by atoms with Crippen LogP contribution in [0.3, 0.4) is 0 Å². The van der Waals surface area contributed by atoms with Gasteiger partial charge in [0.2, 0.25) is 5.91 Å². The number of hydrogen-bond donors (Lipinski definition) is 3. The van der Waals surface area contributed by atoms with Crippen LogP contribution in [0.5, 0.6) is 0 Å². The van der Waals surface area contributed by atoms with Crippen molar-refractivity contribution in [3.63, 3.8) is 0 Å². The van der Waals surface area contributed by atoms with Gasteiger partial charge in [-0.3, -0.25) is 9.78 Å². The van der Waals surface area contributed by atoms with E-state index in [0.717, 1.165) is 35.0 Å². The molecule has 1 aromatic heterocycles. The second-order valence-electron chi connectivity index (χ2n) is 6.17. The highest BCUT2D eigenvalue weighted by molar-refractivity contribution is 6.03. The summed E-state index contributed by atoms with van der Waals surface area (Å²) in [6.45, 7) is 2.11. The second-order valence-corrected chi connectivity index (χ2v) is 6.17. The van der Waals surface area contributed by atoms with Crippen LogP contribution in [-0.4, -0.2) is 10.9 Å². The number of pyridine rings is 1. The molecule has 132 valence electrons. The number of nitrogens with one attached hydrogen (secondary N) is 1. The Morgan fingerprint density at radius 2 is 1.88 bits per heavy atom. The van der Waals surface area contributed by atoms with Crippen LogP contribution in [0.1, 0.15) is 24.6 Å². The normalized spacial score (nSPS) is 11.1. The van der Waals surface area contributed by atoms with Crippen LogP contribution in [-0.2, 0) is 11.2 Å². The molecule has 5 heteroatoms. The van der Waals surface area contributed by atoms with E-state index in [-0.39, 0.29) is 5.91 Å². The molecule has 1 heterocycles. The Morgan fingerprint density at radius 3 is 2.62 bits per heavy atom. The van der Waals surface area contributed by atoms with Crippen molar-refractivity contribution in [2.45, 2.75) is 19.8 Å². The largest absolute Gasteiger partial charge is 0.399 e. The molecule has 0 aliphatic heterocycles. The number of rotatable bonds is 5. The Balaban J connectivity index is 1.75. The van der Waals surface area contributed by atoms with Gasteiger partial charge in [-0.25, -0.2) is 0 Å². The summed E-state index contributed by atoms with van der Waals surface area (Å²) < 4.78 is 0. The average molecular weight is 346 g/mol. The molecule has 0 aliphatic rings. The summed E-state index contributed by atoms with van der Waals surface area (Å²) in [5.41, 5.74) is 16.6. The topological polar surface area (TPSA) is 94.0 Å². The van der Waals surface area contributed by atoms with E-state index in [0.29, 0.717) is 17.1 Å². The number of nitrogen functional groups attached to an aromatic ring is 2. The van der Waals surface area contributed by atoms with Crippen LogP contribution in [0.2, 0.25) is 0 Å².